The van der Waals surface area contributed by atoms with Gasteiger partial charge in [-0.2, -0.15) is 18.3 Å². The maximum Gasteiger partial charge on any atom is 0.417 e. The zero-order valence-corrected chi connectivity index (χ0v) is 12.8. The number of aromatic nitrogens is 3. The van der Waals surface area contributed by atoms with Gasteiger partial charge in [0.05, 0.1) is 23.3 Å². The maximum absolute atomic E-state index is 13.4. The van der Waals surface area contributed by atoms with Crippen LogP contribution < -0.4 is 0 Å². The number of nitrogens with zero attached hydrogens (tertiary/aromatic N) is 3. The number of halogens is 3. The molecular formula is C15H16F3N3O2. The van der Waals surface area contributed by atoms with Crippen molar-refractivity contribution in [1.29, 1.82) is 0 Å². The molecule has 0 spiro atoms. The molecule has 23 heavy (non-hydrogen) atoms. The van der Waals surface area contributed by atoms with Crippen LogP contribution in [0.25, 0.3) is 11.0 Å². The predicted octanol–water partition coefficient (Wildman–Crippen LogP) is 3.20. The molecular weight excluding hydrogens is 311 g/mol. The van der Waals surface area contributed by atoms with Crippen molar-refractivity contribution in [2.24, 2.45) is 0 Å². The van der Waals surface area contributed by atoms with Crippen molar-refractivity contribution in [3.05, 3.63) is 23.0 Å². The second-order valence-corrected chi connectivity index (χ2v) is 5.61. The smallest absolute Gasteiger partial charge is 0.417 e. The lowest BCUT2D eigenvalue weighted by atomic mass is 10.1. The summed E-state index contributed by atoms with van der Waals surface area (Å²) in [6, 6.07) is 1.11. The minimum Gasteiger partial charge on any atom is -0.465 e. The van der Waals surface area contributed by atoms with Gasteiger partial charge < -0.3 is 4.74 Å². The Morgan fingerprint density at radius 1 is 1.43 bits per heavy atom. The number of carbonyl (C=O) groups is 1. The lowest BCUT2D eigenvalue weighted by Crippen LogP contribution is -2.15. The highest BCUT2D eigenvalue weighted by molar-refractivity contribution is 5.84. The summed E-state index contributed by atoms with van der Waals surface area (Å²) in [5.41, 5.74) is -0.0365. The zero-order chi connectivity index (χ0) is 16.8. The molecule has 0 atom stereocenters. The Balaban J connectivity index is 2.16. The minimum absolute atomic E-state index is 0.0498. The summed E-state index contributed by atoms with van der Waals surface area (Å²) in [4.78, 5) is 16.0. The van der Waals surface area contributed by atoms with Crippen molar-refractivity contribution >= 4 is 17.0 Å². The largest absolute Gasteiger partial charge is 0.465 e. The Kier molecular flexibility index (Phi) is 3.77. The molecule has 5 nitrogen and oxygen atoms in total. The Morgan fingerprint density at radius 2 is 2.13 bits per heavy atom. The molecule has 0 amide bonds. The number of rotatable bonds is 4. The molecule has 0 saturated heterocycles. The van der Waals surface area contributed by atoms with E-state index in [9.17, 15) is 18.0 Å². The fourth-order valence-corrected chi connectivity index (χ4v) is 2.62. The number of aryl methyl sites for hydroxylation is 1. The number of hydrogen-bond acceptors (Lipinski definition) is 4. The van der Waals surface area contributed by atoms with Gasteiger partial charge in [-0.1, -0.05) is 0 Å². The van der Waals surface area contributed by atoms with Gasteiger partial charge in [0, 0.05) is 11.6 Å². The van der Waals surface area contributed by atoms with E-state index in [4.69, 9.17) is 4.74 Å². The van der Waals surface area contributed by atoms with Crippen LogP contribution in [0.3, 0.4) is 0 Å². The van der Waals surface area contributed by atoms with Crippen LogP contribution in [-0.2, 0) is 22.3 Å². The molecule has 1 aliphatic carbocycles. The standard InChI is InChI=1S/C15H16F3N3O2/c1-3-23-12(22)7-21-14-13(8(2)20-21)10(15(16,17)18)6-11(19-14)9-4-5-9/h6,9H,3-5,7H2,1-2H3. The monoisotopic (exact) mass is 327 g/mol. The van der Waals surface area contributed by atoms with Gasteiger partial charge in [0.15, 0.2) is 5.65 Å². The van der Waals surface area contributed by atoms with Crippen molar-refractivity contribution in [3.63, 3.8) is 0 Å². The first kappa shape index (κ1) is 15.8. The lowest BCUT2D eigenvalue weighted by molar-refractivity contribution is -0.144. The minimum atomic E-state index is -4.49. The molecule has 1 saturated carbocycles. The van der Waals surface area contributed by atoms with E-state index in [2.05, 4.69) is 10.1 Å². The quantitative estimate of drug-likeness (QED) is 0.809. The summed E-state index contributed by atoms with van der Waals surface area (Å²) in [7, 11) is 0. The molecule has 124 valence electrons. The second-order valence-electron chi connectivity index (χ2n) is 5.61. The summed E-state index contributed by atoms with van der Waals surface area (Å²) >= 11 is 0. The molecule has 3 rings (SSSR count). The fraction of sp³-hybridized carbons (Fsp3) is 0.533. The third-order valence-corrected chi connectivity index (χ3v) is 3.78. The van der Waals surface area contributed by atoms with E-state index in [-0.39, 0.29) is 35.8 Å². The second kappa shape index (κ2) is 5.50. The first-order valence-electron chi connectivity index (χ1n) is 7.42. The van der Waals surface area contributed by atoms with Gasteiger partial charge in [-0.15, -0.1) is 0 Å². The number of hydrogen-bond donors (Lipinski definition) is 0. The van der Waals surface area contributed by atoms with Gasteiger partial charge in [0.1, 0.15) is 6.54 Å². The summed E-state index contributed by atoms with van der Waals surface area (Å²) in [6.07, 6.45) is -2.82. The van der Waals surface area contributed by atoms with Crippen molar-refractivity contribution in [2.75, 3.05) is 6.61 Å². The van der Waals surface area contributed by atoms with Crippen LogP contribution in [-0.4, -0.2) is 27.3 Å². The van der Waals surface area contributed by atoms with Crippen molar-refractivity contribution in [2.45, 2.75) is 45.3 Å². The van der Waals surface area contributed by atoms with Crippen LogP contribution in [0.2, 0.25) is 0 Å². The molecule has 8 heteroatoms. The molecule has 0 N–H and O–H groups in total. The number of pyridine rings is 1. The SMILES string of the molecule is CCOC(=O)Cn1nc(C)c2c(C(F)(F)F)cc(C3CC3)nc21. The van der Waals surface area contributed by atoms with Crippen LogP contribution in [0.15, 0.2) is 6.07 Å². The summed E-state index contributed by atoms with van der Waals surface area (Å²) in [5.74, 6) is -0.490. The van der Waals surface area contributed by atoms with E-state index in [1.54, 1.807) is 6.92 Å². The van der Waals surface area contributed by atoms with E-state index in [0.717, 1.165) is 18.9 Å². The van der Waals surface area contributed by atoms with Crippen LogP contribution in [0.5, 0.6) is 0 Å². The topological polar surface area (TPSA) is 57.0 Å². The van der Waals surface area contributed by atoms with Gasteiger partial charge in [-0.25, -0.2) is 9.67 Å². The van der Waals surface area contributed by atoms with Gasteiger partial charge in [0.2, 0.25) is 0 Å². The van der Waals surface area contributed by atoms with Crippen molar-refractivity contribution in [1.82, 2.24) is 14.8 Å². The molecule has 2 aromatic heterocycles. The van der Waals surface area contributed by atoms with E-state index in [0.29, 0.717) is 5.69 Å². The molecule has 2 heterocycles. The van der Waals surface area contributed by atoms with Gasteiger partial charge in [-0.3, -0.25) is 4.79 Å². The third kappa shape index (κ3) is 3.02. The van der Waals surface area contributed by atoms with Crippen molar-refractivity contribution in [3.8, 4) is 0 Å². The molecule has 0 aliphatic heterocycles. The van der Waals surface area contributed by atoms with Crippen LogP contribution >= 0.6 is 0 Å². The number of carbonyl (C=O) groups excluding carboxylic acids is 1. The lowest BCUT2D eigenvalue weighted by Gasteiger charge is -2.11. The number of alkyl halides is 3. The molecule has 0 unspecified atom stereocenters. The van der Waals surface area contributed by atoms with Crippen molar-refractivity contribution < 1.29 is 22.7 Å². The van der Waals surface area contributed by atoms with Gasteiger partial charge in [0.25, 0.3) is 0 Å². The average Bonchev–Trinajstić information content (AvgIpc) is 3.25. The molecule has 2 aromatic rings. The summed E-state index contributed by atoms with van der Waals surface area (Å²) in [5, 5.41) is 4.01. The summed E-state index contributed by atoms with van der Waals surface area (Å²) in [6.45, 7) is 3.09. The normalized spacial score (nSPS) is 15.2. The zero-order valence-electron chi connectivity index (χ0n) is 12.8. The van der Waals surface area contributed by atoms with E-state index < -0.39 is 17.7 Å². The number of fused-ring (bicyclic) bond motifs is 1. The highest BCUT2D eigenvalue weighted by Gasteiger charge is 2.37. The third-order valence-electron chi connectivity index (χ3n) is 3.78. The Bertz CT molecular complexity index is 763. The summed E-state index contributed by atoms with van der Waals surface area (Å²) < 4.78 is 46.2. The van der Waals surface area contributed by atoms with E-state index in [1.807, 2.05) is 0 Å². The Labute approximate surface area is 130 Å². The predicted molar refractivity (Wildman–Crippen MR) is 75.9 cm³/mol. The fourth-order valence-electron chi connectivity index (χ4n) is 2.62. The first-order chi connectivity index (χ1) is 10.8. The highest BCUT2D eigenvalue weighted by atomic mass is 19.4. The molecule has 0 bridgehead atoms. The average molecular weight is 327 g/mol. The van der Waals surface area contributed by atoms with E-state index in [1.165, 1.54) is 11.6 Å². The Hall–Kier alpha value is -2.12. The highest BCUT2D eigenvalue weighted by Crippen LogP contribution is 2.43. The van der Waals surface area contributed by atoms with Gasteiger partial charge >= 0.3 is 12.1 Å². The maximum atomic E-state index is 13.4. The molecule has 0 radical (unpaired) electrons. The number of ether oxygens (including phenoxy) is 1. The van der Waals surface area contributed by atoms with Crippen LogP contribution in [0.4, 0.5) is 13.2 Å². The molecule has 1 fully saturated rings. The first-order valence-corrected chi connectivity index (χ1v) is 7.42. The molecule has 1 aliphatic rings. The Morgan fingerprint density at radius 3 is 2.70 bits per heavy atom. The molecule has 0 aromatic carbocycles. The van der Waals surface area contributed by atoms with Crippen LogP contribution in [0, 0.1) is 6.92 Å². The van der Waals surface area contributed by atoms with Gasteiger partial charge in [-0.05, 0) is 32.8 Å². The van der Waals surface area contributed by atoms with Crippen LogP contribution in [0.1, 0.15) is 42.6 Å². The number of esters is 1. The van der Waals surface area contributed by atoms with E-state index >= 15 is 0 Å².